The van der Waals surface area contributed by atoms with Crippen molar-refractivity contribution >= 4 is 39.0 Å². The summed E-state index contributed by atoms with van der Waals surface area (Å²) in [5.74, 6) is 1.45. The first-order chi connectivity index (χ1) is 17.6. The van der Waals surface area contributed by atoms with Crippen molar-refractivity contribution in [3.05, 3.63) is 72.8 Å². The molecule has 1 N–H and O–H groups in total. The van der Waals surface area contributed by atoms with Crippen molar-refractivity contribution in [3.8, 4) is 16.4 Å². The number of fused-ring (bicyclic) bond motifs is 1. The molecule has 4 heterocycles. The Morgan fingerprint density at radius 2 is 1.78 bits per heavy atom. The maximum absolute atomic E-state index is 12.9. The molecule has 1 fully saturated rings. The van der Waals surface area contributed by atoms with Crippen LogP contribution in [0.25, 0.3) is 26.6 Å². The third-order valence-electron chi connectivity index (χ3n) is 6.42. The zero-order chi connectivity index (χ0) is 24.5. The Labute approximate surface area is 211 Å². The molecule has 9 nitrogen and oxygen atoms in total. The quantitative estimate of drug-likeness (QED) is 0.382. The molecule has 0 radical (unpaired) electrons. The second-order valence-electron chi connectivity index (χ2n) is 8.91. The highest BCUT2D eigenvalue weighted by Gasteiger charge is 2.26. The van der Waals surface area contributed by atoms with Crippen molar-refractivity contribution in [2.75, 3.05) is 23.3 Å². The van der Waals surface area contributed by atoms with Crippen molar-refractivity contribution in [2.24, 2.45) is 5.92 Å². The van der Waals surface area contributed by atoms with Crippen molar-refractivity contribution in [3.63, 3.8) is 0 Å². The molecule has 2 aromatic carbocycles. The molecule has 0 atom stereocenters. The van der Waals surface area contributed by atoms with Gasteiger partial charge in [-0.25, -0.2) is 14.6 Å². The fraction of sp³-hybridized carbons (Fsp3) is 0.231. The van der Waals surface area contributed by atoms with Gasteiger partial charge in [0.2, 0.25) is 5.91 Å². The highest BCUT2D eigenvalue weighted by atomic mass is 32.1. The van der Waals surface area contributed by atoms with E-state index in [0.717, 1.165) is 53.5 Å². The Morgan fingerprint density at radius 1 is 1.00 bits per heavy atom. The number of amides is 1. The molecule has 0 unspecified atom stereocenters. The summed E-state index contributed by atoms with van der Waals surface area (Å²) in [6, 6.07) is 18.0. The first-order valence-electron chi connectivity index (χ1n) is 11.8. The van der Waals surface area contributed by atoms with Crippen molar-refractivity contribution in [2.45, 2.75) is 19.8 Å². The number of hydrogen-bond donors (Lipinski definition) is 1. The van der Waals surface area contributed by atoms with Crippen LogP contribution in [0.5, 0.6) is 0 Å². The second kappa shape index (κ2) is 9.46. The fourth-order valence-corrected chi connectivity index (χ4v) is 5.47. The Morgan fingerprint density at radius 3 is 2.50 bits per heavy atom. The molecule has 6 rings (SSSR count). The van der Waals surface area contributed by atoms with E-state index in [2.05, 4.69) is 55.6 Å². The summed E-state index contributed by atoms with van der Waals surface area (Å²) in [5, 5.41) is 16.7. The SMILES string of the molecule is Cc1ccc2nc(-c3ccc(NC(=O)C4CCN(c5ccc(-n6cncn6)nn5)CC4)cc3)sc2c1. The van der Waals surface area contributed by atoms with Crippen molar-refractivity contribution in [1.82, 2.24) is 29.9 Å². The van der Waals surface area contributed by atoms with Crippen LogP contribution >= 0.6 is 11.3 Å². The van der Waals surface area contributed by atoms with E-state index in [1.165, 1.54) is 16.6 Å². The standard InChI is InChI=1S/C26H24N8OS/c1-17-2-7-21-22(14-17)36-26(30-21)19-3-5-20(6-4-19)29-25(35)18-10-12-33(13-11-18)23-8-9-24(32-31-23)34-16-27-15-28-34/h2-9,14-16,18H,10-13H2,1H3,(H,29,35). The lowest BCUT2D eigenvalue weighted by Crippen LogP contribution is -2.38. The molecule has 0 saturated carbocycles. The Hall–Kier alpha value is -4.18. The lowest BCUT2D eigenvalue weighted by atomic mass is 9.95. The average Bonchev–Trinajstić information content (AvgIpc) is 3.60. The first-order valence-corrected chi connectivity index (χ1v) is 12.7. The van der Waals surface area contributed by atoms with Crippen LogP contribution in [0.3, 0.4) is 0 Å². The van der Waals surface area contributed by atoms with Gasteiger partial charge >= 0.3 is 0 Å². The zero-order valence-electron chi connectivity index (χ0n) is 19.7. The van der Waals surface area contributed by atoms with Crippen molar-refractivity contribution < 1.29 is 4.79 Å². The number of hydrogen-bond acceptors (Lipinski definition) is 8. The smallest absolute Gasteiger partial charge is 0.227 e. The number of thiazole rings is 1. The number of aromatic nitrogens is 6. The number of carbonyl (C=O) groups is 1. The summed E-state index contributed by atoms with van der Waals surface area (Å²) in [6.07, 6.45) is 4.58. The Bertz CT molecular complexity index is 1490. The molecule has 3 aromatic heterocycles. The molecular formula is C26H24N8OS. The van der Waals surface area contributed by atoms with E-state index in [0.29, 0.717) is 5.82 Å². The van der Waals surface area contributed by atoms with Gasteiger partial charge in [0.25, 0.3) is 0 Å². The van der Waals surface area contributed by atoms with E-state index in [9.17, 15) is 4.79 Å². The van der Waals surface area contributed by atoms with E-state index < -0.39 is 0 Å². The third-order valence-corrected chi connectivity index (χ3v) is 7.49. The van der Waals surface area contributed by atoms with E-state index in [4.69, 9.17) is 4.98 Å². The molecule has 36 heavy (non-hydrogen) atoms. The fourth-order valence-electron chi connectivity index (χ4n) is 4.40. The van der Waals surface area contributed by atoms with Crippen LogP contribution in [0.2, 0.25) is 0 Å². The number of carbonyl (C=O) groups excluding carboxylic acids is 1. The van der Waals surface area contributed by atoms with E-state index in [-0.39, 0.29) is 11.8 Å². The molecule has 1 amide bonds. The largest absolute Gasteiger partial charge is 0.355 e. The highest BCUT2D eigenvalue weighted by Crippen LogP contribution is 2.31. The second-order valence-corrected chi connectivity index (χ2v) is 9.94. The maximum Gasteiger partial charge on any atom is 0.227 e. The number of nitrogens with zero attached hydrogens (tertiary/aromatic N) is 7. The van der Waals surface area contributed by atoms with E-state index in [1.807, 2.05) is 36.4 Å². The molecule has 1 aliphatic rings. The van der Waals surface area contributed by atoms with Gasteiger partial charge in [-0.3, -0.25) is 4.79 Å². The van der Waals surface area contributed by atoms with E-state index in [1.54, 1.807) is 22.3 Å². The lowest BCUT2D eigenvalue weighted by Gasteiger charge is -2.31. The molecule has 10 heteroatoms. The number of rotatable bonds is 5. The summed E-state index contributed by atoms with van der Waals surface area (Å²) >= 11 is 1.69. The predicted octanol–water partition coefficient (Wildman–Crippen LogP) is 4.50. The third kappa shape index (κ3) is 4.55. The van der Waals surface area contributed by atoms with E-state index >= 15 is 0 Å². The van der Waals surface area contributed by atoms with Crippen LogP contribution < -0.4 is 10.2 Å². The van der Waals surface area contributed by atoms with Crippen LogP contribution in [-0.4, -0.2) is 48.9 Å². The molecule has 0 spiro atoms. The number of piperidine rings is 1. The summed E-state index contributed by atoms with van der Waals surface area (Å²) in [6.45, 7) is 3.60. The van der Waals surface area contributed by atoms with Crippen LogP contribution in [0, 0.1) is 12.8 Å². The van der Waals surface area contributed by atoms with Gasteiger partial charge in [-0.1, -0.05) is 6.07 Å². The van der Waals surface area contributed by atoms with Gasteiger partial charge in [-0.05, 0) is 73.9 Å². The Kier molecular flexibility index (Phi) is 5.86. The van der Waals surface area contributed by atoms with Gasteiger partial charge in [-0.2, -0.15) is 5.10 Å². The number of aryl methyl sites for hydroxylation is 1. The minimum Gasteiger partial charge on any atom is -0.355 e. The zero-order valence-corrected chi connectivity index (χ0v) is 20.5. The number of benzene rings is 2. The van der Waals surface area contributed by atoms with Gasteiger partial charge in [0.1, 0.15) is 17.7 Å². The van der Waals surface area contributed by atoms with Crippen LogP contribution in [0.15, 0.2) is 67.3 Å². The normalized spacial score (nSPS) is 14.3. The molecule has 5 aromatic rings. The van der Waals surface area contributed by atoms with Crippen molar-refractivity contribution in [1.29, 1.82) is 0 Å². The molecular weight excluding hydrogens is 472 g/mol. The maximum atomic E-state index is 12.9. The number of nitrogens with one attached hydrogen (secondary N) is 1. The summed E-state index contributed by atoms with van der Waals surface area (Å²) in [5.41, 5.74) is 4.10. The van der Waals surface area contributed by atoms with Crippen LogP contribution in [-0.2, 0) is 4.79 Å². The molecule has 1 saturated heterocycles. The van der Waals surface area contributed by atoms with Gasteiger partial charge in [0, 0.05) is 30.3 Å². The van der Waals surface area contributed by atoms with Crippen LogP contribution in [0.1, 0.15) is 18.4 Å². The lowest BCUT2D eigenvalue weighted by molar-refractivity contribution is -0.120. The minimum atomic E-state index is -0.0317. The predicted molar refractivity (Wildman–Crippen MR) is 140 cm³/mol. The molecule has 0 bridgehead atoms. The van der Waals surface area contributed by atoms with Gasteiger partial charge < -0.3 is 10.2 Å². The van der Waals surface area contributed by atoms with Gasteiger partial charge in [-0.15, -0.1) is 21.5 Å². The summed E-state index contributed by atoms with van der Waals surface area (Å²) in [7, 11) is 0. The first kappa shape index (κ1) is 22.3. The summed E-state index contributed by atoms with van der Waals surface area (Å²) in [4.78, 5) is 23.7. The van der Waals surface area contributed by atoms with Gasteiger partial charge in [0.15, 0.2) is 11.6 Å². The topological polar surface area (TPSA) is 102 Å². The molecule has 1 aliphatic heterocycles. The minimum absolute atomic E-state index is 0.0317. The average molecular weight is 497 g/mol. The highest BCUT2D eigenvalue weighted by molar-refractivity contribution is 7.21. The summed E-state index contributed by atoms with van der Waals surface area (Å²) < 4.78 is 2.76. The molecule has 180 valence electrons. The number of anilines is 2. The monoisotopic (exact) mass is 496 g/mol. The Balaban J connectivity index is 1.05. The molecule has 0 aliphatic carbocycles. The van der Waals surface area contributed by atoms with Gasteiger partial charge in [0.05, 0.1) is 10.2 Å². The van der Waals surface area contributed by atoms with Crippen LogP contribution in [0.4, 0.5) is 11.5 Å².